The van der Waals surface area contributed by atoms with E-state index in [4.69, 9.17) is 5.73 Å². The van der Waals surface area contributed by atoms with Gasteiger partial charge in [0.25, 0.3) is 0 Å². The average Bonchev–Trinajstić information content (AvgIpc) is 2.52. The van der Waals surface area contributed by atoms with Crippen molar-refractivity contribution < 1.29 is 18.8 Å². The van der Waals surface area contributed by atoms with Crippen molar-refractivity contribution in [2.24, 2.45) is 5.73 Å². The van der Waals surface area contributed by atoms with E-state index in [-0.39, 0.29) is 6.42 Å². The van der Waals surface area contributed by atoms with Crippen LogP contribution in [0, 0.1) is 5.82 Å². The standard InChI is InChI=1S/C18H24FN3O3/c1-3-4-5-9-15(17(20)24)22-18(25)16(21-12(2)23)11-13-7-6-8-14(19)10-13/h3,6-8,10,15-16H,1,4-5,9,11H2,2H3,(H2,20,24)(H,21,23)(H,22,25)/t15-,16+/m1/s1. The molecule has 0 unspecified atom stereocenters. The molecule has 0 heterocycles. The van der Waals surface area contributed by atoms with E-state index in [1.165, 1.54) is 25.1 Å². The summed E-state index contributed by atoms with van der Waals surface area (Å²) in [6, 6.07) is 3.99. The molecule has 2 atom stereocenters. The van der Waals surface area contributed by atoms with E-state index in [0.717, 1.165) is 0 Å². The highest BCUT2D eigenvalue weighted by molar-refractivity contribution is 5.91. The highest BCUT2D eigenvalue weighted by atomic mass is 19.1. The Morgan fingerprint density at radius 2 is 2.00 bits per heavy atom. The zero-order chi connectivity index (χ0) is 18.8. The maximum absolute atomic E-state index is 13.3. The molecular weight excluding hydrogens is 325 g/mol. The van der Waals surface area contributed by atoms with Crippen molar-refractivity contribution in [3.8, 4) is 0 Å². The first-order valence-electron chi connectivity index (χ1n) is 8.05. The fourth-order valence-electron chi connectivity index (χ4n) is 2.38. The quantitative estimate of drug-likeness (QED) is 0.437. The fourth-order valence-corrected chi connectivity index (χ4v) is 2.38. The number of halogens is 1. The minimum atomic E-state index is -0.930. The molecule has 0 saturated heterocycles. The van der Waals surface area contributed by atoms with Crippen molar-refractivity contribution in [2.45, 2.75) is 44.7 Å². The van der Waals surface area contributed by atoms with Gasteiger partial charge in [-0.05, 0) is 37.0 Å². The number of hydrogen-bond acceptors (Lipinski definition) is 3. The third kappa shape index (κ3) is 7.60. The number of carbonyl (C=O) groups excluding carboxylic acids is 3. The Kier molecular flexibility index (Phi) is 8.32. The Morgan fingerprint density at radius 1 is 1.28 bits per heavy atom. The molecule has 0 aliphatic rings. The molecule has 0 saturated carbocycles. The Hall–Kier alpha value is -2.70. The molecule has 0 aliphatic carbocycles. The van der Waals surface area contributed by atoms with Gasteiger partial charge < -0.3 is 16.4 Å². The summed E-state index contributed by atoms with van der Waals surface area (Å²) in [5.74, 6) is -2.02. The second kappa shape index (κ2) is 10.2. The predicted molar refractivity (Wildman–Crippen MR) is 92.9 cm³/mol. The Bertz CT molecular complexity index is 634. The summed E-state index contributed by atoms with van der Waals surface area (Å²) in [4.78, 5) is 35.4. The highest BCUT2D eigenvalue weighted by Crippen LogP contribution is 2.08. The van der Waals surface area contributed by atoms with Gasteiger partial charge in [-0.3, -0.25) is 14.4 Å². The maximum Gasteiger partial charge on any atom is 0.243 e. The van der Waals surface area contributed by atoms with E-state index in [2.05, 4.69) is 17.2 Å². The van der Waals surface area contributed by atoms with Crippen LogP contribution in [0.2, 0.25) is 0 Å². The molecule has 0 fully saturated rings. The Labute approximate surface area is 146 Å². The van der Waals surface area contributed by atoms with E-state index in [0.29, 0.717) is 24.8 Å². The number of carbonyl (C=O) groups is 3. The fraction of sp³-hybridized carbons (Fsp3) is 0.389. The van der Waals surface area contributed by atoms with Crippen LogP contribution in [0.15, 0.2) is 36.9 Å². The van der Waals surface area contributed by atoms with Crippen LogP contribution in [0.1, 0.15) is 31.7 Å². The molecule has 6 nitrogen and oxygen atoms in total. The monoisotopic (exact) mass is 349 g/mol. The van der Waals surface area contributed by atoms with Crippen molar-refractivity contribution in [3.05, 3.63) is 48.3 Å². The van der Waals surface area contributed by atoms with E-state index in [1.54, 1.807) is 12.1 Å². The Balaban J connectivity index is 2.81. The van der Waals surface area contributed by atoms with Gasteiger partial charge in [0, 0.05) is 13.3 Å². The summed E-state index contributed by atoms with van der Waals surface area (Å²) >= 11 is 0. The van der Waals surface area contributed by atoms with Crippen molar-refractivity contribution in [1.82, 2.24) is 10.6 Å². The van der Waals surface area contributed by atoms with Crippen LogP contribution in [-0.4, -0.2) is 29.8 Å². The largest absolute Gasteiger partial charge is 0.368 e. The molecule has 1 aromatic rings. The third-order valence-electron chi connectivity index (χ3n) is 3.58. The summed E-state index contributed by atoms with van der Waals surface area (Å²) in [7, 11) is 0. The minimum absolute atomic E-state index is 0.0985. The average molecular weight is 349 g/mol. The number of benzene rings is 1. The van der Waals surface area contributed by atoms with Crippen LogP contribution >= 0.6 is 0 Å². The van der Waals surface area contributed by atoms with Gasteiger partial charge in [0.1, 0.15) is 17.9 Å². The van der Waals surface area contributed by atoms with Gasteiger partial charge in [-0.25, -0.2) is 4.39 Å². The lowest BCUT2D eigenvalue weighted by Gasteiger charge is -2.21. The number of allylic oxidation sites excluding steroid dienone is 1. The first kappa shape index (κ1) is 20.3. The molecule has 0 aliphatic heterocycles. The zero-order valence-electron chi connectivity index (χ0n) is 14.3. The van der Waals surface area contributed by atoms with Crippen LogP contribution in [0.4, 0.5) is 4.39 Å². The normalized spacial score (nSPS) is 12.7. The molecule has 1 aromatic carbocycles. The van der Waals surface area contributed by atoms with E-state index < -0.39 is 35.6 Å². The molecule has 4 N–H and O–H groups in total. The second-order valence-corrected chi connectivity index (χ2v) is 5.77. The Morgan fingerprint density at radius 3 is 2.56 bits per heavy atom. The summed E-state index contributed by atoms with van der Waals surface area (Å²) in [5, 5.41) is 5.08. The summed E-state index contributed by atoms with van der Waals surface area (Å²) in [6.45, 7) is 4.88. The molecule has 0 radical (unpaired) electrons. The lowest BCUT2D eigenvalue weighted by atomic mass is 10.0. The number of amides is 3. The predicted octanol–water partition coefficient (Wildman–Crippen LogP) is 1.20. The number of nitrogens with one attached hydrogen (secondary N) is 2. The van der Waals surface area contributed by atoms with Crippen LogP contribution < -0.4 is 16.4 Å². The van der Waals surface area contributed by atoms with Gasteiger partial charge >= 0.3 is 0 Å². The first-order valence-corrected chi connectivity index (χ1v) is 8.05. The highest BCUT2D eigenvalue weighted by Gasteiger charge is 2.25. The van der Waals surface area contributed by atoms with Crippen molar-refractivity contribution >= 4 is 17.7 Å². The lowest BCUT2D eigenvalue weighted by Crippen LogP contribution is -2.53. The van der Waals surface area contributed by atoms with Gasteiger partial charge in [0.2, 0.25) is 17.7 Å². The van der Waals surface area contributed by atoms with Gasteiger partial charge in [-0.2, -0.15) is 0 Å². The summed E-state index contributed by atoms with van der Waals surface area (Å²) in [6.07, 6.45) is 3.52. The van der Waals surface area contributed by atoms with Crippen molar-refractivity contribution in [2.75, 3.05) is 0 Å². The van der Waals surface area contributed by atoms with Crippen molar-refractivity contribution in [1.29, 1.82) is 0 Å². The van der Waals surface area contributed by atoms with E-state index >= 15 is 0 Å². The van der Waals surface area contributed by atoms with Gasteiger partial charge in [-0.1, -0.05) is 18.2 Å². The molecule has 0 aromatic heterocycles. The zero-order valence-corrected chi connectivity index (χ0v) is 14.3. The van der Waals surface area contributed by atoms with Gasteiger partial charge in [-0.15, -0.1) is 6.58 Å². The van der Waals surface area contributed by atoms with E-state index in [9.17, 15) is 18.8 Å². The van der Waals surface area contributed by atoms with E-state index in [1.807, 2.05) is 0 Å². The topological polar surface area (TPSA) is 101 Å². The first-order chi connectivity index (χ1) is 11.8. The SMILES string of the molecule is C=CCCC[C@@H](NC(=O)[C@H](Cc1cccc(F)c1)NC(C)=O)C(N)=O. The van der Waals surface area contributed by atoms with Crippen molar-refractivity contribution in [3.63, 3.8) is 0 Å². The van der Waals surface area contributed by atoms with Gasteiger partial charge in [0.05, 0.1) is 0 Å². The van der Waals surface area contributed by atoms with Crippen LogP contribution in [0.25, 0.3) is 0 Å². The molecule has 0 spiro atoms. The molecule has 7 heteroatoms. The van der Waals surface area contributed by atoms with Gasteiger partial charge in [0.15, 0.2) is 0 Å². The lowest BCUT2D eigenvalue weighted by molar-refractivity contribution is -0.130. The molecule has 3 amide bonds. The smallest absolute Gasteiger partial charge is 0.243 e. The second-order valence-electron chi connectivity index (χ2n) is 5.77. The number of rotatable bonds is 10. The number of nitrogens with two attached hydrogens (primary N) is 1. The summed E-state index contributed by atoms with van der Waals surface area (Å²) < 4.78 is 13.3. The number of unbranched alkanes of at least 4 members (excludes halogenated alkanes) is 1. The maximum atomic E-state index is 13.3. The molecule has 0 bridgehead atoms. The van der Waals surface area contributed by atoms with Crippen LogP contribution in [-0.2, 0) is 20.8 Å². The molecule has 1 rings (SSSR count). The minimum Gasteiger partial charge on any atom is -0.368 e. The molecule has 136 valence electrons. The number of primary amides is 1. The third-order valence-corrected chi connectivity index (χ3v) is 3.58. The van der Waals surface area contributed by atoms with Crippen LogP contribution in [0.3, 0.4) is 0 Å². The van der Waals surface area contributed by atoms with Crippen LogP contribution in [0.5, 0.6) is 0 Å². The number of hydrogen-bond donors (Lipinski definition) is 3. The summed E-state index contributed by atoms with van der Waals surface area (Å²) in [5.41, 5.74) is 5.88. The molecular formula is C18H24FN3O3. The molecule has 25 heavy (non-hydrogen) atoms.